The van der Waals surface area contributed by atoms with Gasteiger partial charge in [-0.3, -0.25) is 0 Å². The van der Waals surface area contributed by atoms with E-state index in [1.54, 1.807) is 24.3 Å². The van der Waals surface area contributed by atoms with Crippen LogP contribution in [0, 0.1) is 11.8 Å². The number of benzene rings is 4. The maximum Gasteiger partial charge on any atom is 0.167 e. The van der Waals surface area contributed by atoms with Gasteiger partial charge in [-0.25, -0.2) is 19.2 Å². The molecular weight excluding hydrogens is 827 g/mol. The van der Waals surface area contributed by atoms with Gasteiger partial charge in [0.1, 0.15) is 5.54 Å². The van der Waals surface area contributed by atoms with Crippen molar-refractivity contribution in [2.45, 2.75) is 63.7 Å². The Kier molecular flexibility index (Phi) is 11.8. The second kappa shape index (κ2) is 15.1. The number of nitrogens with zero attached hydrogens (tertiary/aromatic N) is 3. The molecule has 4 aromatic carbocycles. The van der Waals surface area contributed by atoms with Gasteiger partial charge in [0, 0.05) is 46.2 Å². The van der Waals surface area contributed by atoms with Crippen molar-refractivity contribution in [1.82, 2.24) is 14.4 Å². The average Bonchev–Trinajstić information content (AvgIpc) is 3.47. The predicted molar refractivity (Wildman–Crippen MR) is 222 cm³/mol. The lowest BCUT2D eigenvalue weighted by Gasteiger charge is -2.42. The monoisotopic (exact) mass is 862 g/mol. The molecule has 5 atom stereocenters. The number of hydrogen-bond acceptors (Lipinski definition) is 4. The summed E-state index contributed by atoms with van der Waals surface area (Å²) in [4.78, 5) is 0. The number of nitrogens with one attached hydrogen (secondary N) is 1. The summed E-state index contributed by atoms with van der Waals surface area (Å²) in [6.07, 6.45) is 1.74. The fraction of sp³-hybridized carbons (Fsp3) is 0.368. The Bertz CT molecular complexity index is 1860. The average molecular weight is 866 g/mol. The van der Waals surface area contributed by atoms with Gasteiger partial charge in [-0.15, -0.1) is 0 Å². The molecule has 0 aliphatic carbocycles. The molecule has 2 aliphatic rings. The zero-order chi connectivity index (χ0) is 37.2. The van der Waals surface area contributed by atoms with Gasteiger partial charge < -0.3 is 0 Å². The Morgan fingerprint density at radius 1 is 0.549 bits per heavy atom. The van der Waals surface area contributed by atoms with Crippen molar-refractivity contribution >= 4 is 100 Å². The molecule has 0 bridgehead atoms. The van der Waals surface area contributed by atoms with Crippen molar-refractivity contribution in [2.75, 3.05) is 14.1 Å². The first-order valence-electron chi connectivity index (χ1n) is 16.8. The molecule has 2 heterocycles. The highest BCUT2D eigenvalue weighted by atomic mass is 35.5. The molecule has 0 radical (unpaired) electrons. The van der Waals surface area contributed by atoms with Gasteiger partial charge in [0.25, 0.3) is 0 Å². The van der Waals surface area contributed by atoms with Crippen molar-refractivity contribution in [3.05, 3.63) is 135 Å². The summed E-state index contributed by atoms with van der Waals surface area (Å²) in [5.41, 5.74) is 1.51. The van der Waals surface area contributed by atoms with Crippen LogP contribution in [-0.4, -0.2) is 35.5 Å². The SMILES string of the molecule is CC[C@H](C)[C@@H]1N(C)P2(=NC1(c1cc(Cl)cc(Cl)c1)c1cc(Cl)cc(Cl)c1)NC(c1cc(Cl)cc(Cl)c1)(c1cc(Cl)cc(Cl)c1)[C@H]([C@@H](C)CC)N2C. The number of hydrogen-bond donors (Lipinski definition) is 1. The van der Waals surface area contributed by atoms with Crippen LogP contribution in [0.4, 0.5) is 0 Å². The van der Waals surface area contributed by atoms with Crippen molar-refractivity contribution < 1.29 is 0 Å². The number of halogens is 8. The summed E-state index contributed by atoms with van der Waals surface area (Å²) < 4.78 is 11.0. The van der Waals surface area contributed by atoms with Gasteiger partial charge in [0.05, 0.1) is 11.6 Å². The second-order valence-electron chi connectivity index (χ2n) is 13.8. The highest BCUT2D eigenvalue weighted by Gasteiger charge is 2.66. The Hall–Kier alpha value is -0.690. The third-order valence-electron chi connectivity index (χ3n) is 10.8. The molecule has 0 aromatic heterocycles. The van der Waals surface area contributed by atoms with Gasteiger partial charge in [-0.1, -0.05) is 133 Å². The molecule has 1 N–H and O–H groups in total. The Balaban J connectivity index is 1.81. The van der Waals surface area contributed by atoms with E-state index in [0.717, 1.165) is 35.1 Å². The lowest BCUT2D eigenvalue weighted by Crippen LogP contribution is -2.50. The zero-order valence-electron chi connectivity index (χ0n) is 29.0. The van der Waals surface area contributed by atoms with Gasteiger partial charge in [-0.2, -0.15) is 0 Å². The molecule has 0 amide bonds. The maximum atomic E-state index is 6.81. The predicted octanol–water partition coefficient (Wildman–Crippen LogP) is 14.4. The lowest BCUT2D eigenvalue weighted by molar-refractivity contribution is 0.201. The van der Waals surface area contributed by atoms with Crippen molar-refractivity contribution in [1.29, 1.82) is 0 Å². The highest BCUT2D eigenvalue weighted by Crippen LogP contribution is 2.73. The quantitative estimate of drug-likeness (QED) is 0.179. The first-order valence-corrected chi connectivity index (χ1v) is 21.4. The number of likely N-dealkylation sites (N-methyl/N-ethyl adjacent to an activating group) is 2. The van der Waals surface area contributed by atoms with Crippen molar-refractivity contribution in [3.8, 4) is 0 Å². The molecule has 272 valence electrons. The largest absolute Gasteiger partial charge is 0.244 e. The van der Waals surface area contributed by atoms with Crippen LogP contribution in [-0.2, 0) is 11.1 Å². The summed E-state index contributed by atoms with van der Waals surface area (Å²) >= 11 is 54.5. The number of rotatable bonds is 8. The summed E-state index contributed by atoms with van der Waals surface area (Å²) in [6, 6.07) is 22.3. The molecule has 1 saturated heterocycles. The molecule has 13 heteroatoms. The smallest absolute Gasteiger partial charge is 0.167 e. The Morgan fingerprint density at radius 3 is 1.18 bits per heavy atom. The molecule has 1 spiro atoms. The van der Waals surface area contributed by atoms with Crippen LogP contribution in [0.1, 0.15) is 62.8 Å². The van der Waals surface area contributed by atoms with Crippen LogP contribution in [0.3, 0.4) is 0 Å². The third-order valence-corrected chi connectivity index (χ3v) is 16.0. The fourth-order valence-electron chi connectivity index (χ4n) is 8.42. The molecule has 1 fully saturated rings. The van der Waals surface area contributed by atoms with Crippen molar-refractivity contribution in [2.24, 2.45) is 16.6 Å². The van der Waals surface area contributed by atoms with E-state index in [1.165, 1.54) is 0 Å². The van der Waals surface area contributed by atoms with Gasteiger partial charge in [-0.05, 0) is 121 Å². The van der Waals surface area contributed by atoms with Gasteiger partial charge >= 0.3 is 0 Å². The Morgan fingerprint density at radius 2 is 0.843 bits per heavy atom. The highest BCUT2D eigenvalue weighted by molar-refractivity contribution is 7.60. The summed E-state index contributed by atoms with van der Waals surface area (Å²) in [5, 5.41) is 8.37. The third kappa shape index (κ3) is 6.81. The van der Waals surface area contributed by atoms with Crippen LogP contribution in [0.15, 0.2) is 77.5 Å². The molecule has 2 aliphatic heterocycles. The zero-order valence-corrected chi connectivity index (χ0v) is 35.9. The first kappa shape index (κ1) is 40.0. The van der Waals surface area contributed by atoms with E-state index in [9.17, 15) is 0 Å². The van der Waals surface area contributed by atoms with E-state index in [2.05, 4.69) is 56.2 Å². The minimum atomic E-state index is -2.95. The van der Waals surface area contributed by atoms with E-state index in [4.69, 9.17) is 97.6 Å². The summed E-state index contributed by atoms with van der Waals surface area (Å²) in [5.74, 6) is 0.265. The molecule has 51 heavy (non-hydrogen) atoms. The van der Waals surface area contributed by atoms with E-state index in [1.807, 2.05) is 48.5 Å². The minimum Gasteiger partial charge on any atom is -0.244 e. The topological polar surface area (TPSA) is 30.9 Å². The maximum absolute atomic E-state index is 6.81. The van der Waals surface area contributed by atoms with Crippen LogP contribution < -0.4 is 5.09 Å². The van der Waals surface area contributed by atoms with Crippen LogP contribution in [0.2, 0.25) is 40.2 Å². The van der Waals surface area contributed by atoms with Crippen LogP contribution in [0.25, 0.3) is 0 Å². The Labute approximate surface area is 341 Å². The van der Waals surface area contributed by atoms with Crippen molar-refractivity contribution in [3.63, 3.8) is 0 Å². The van der Waals surface area contributed by atoms with E-state index < -0.39 is 18.6 Å². The van der Waals surface area contributed by atoms with Crippen LogP contribution in [0.5, 0.6) is 0 Å². The fourth-order valence-corrected chi connectivity index (χ4v) is 14.8. The normalized spacial score (nSPS) is 24.2. The molecule has 1 unspecified atom stereocenters. The minimum absolute atomic E-state index is 0.127. The van der Waals surface area contributed by atoms with Gasteiger partial charge in [0.15, 0.2) is 7.51 Å². The lowest BCUT2D eigenvalue weighted by atomic mass is 9.72. The first-order chi connectivity index (χ1) is 24.0. The van der Waals surface area contributed by atoms with E-state index >= 15 is 0 Å². The summed E-state index contributed by atoms with van der Waals surface area (Å²) in [7, 11) is 1.37. The molecule has 4 aromatic rings. The molecular formula is C38H39Cl8N4P. The molecule has 4 nitrogen and oxygen atoms in total. The standard InChI is InChI=1S/C38H39Cl8N4P/c1-7-21(3)35-37(23-9-27(39)17-28(40)10-23,24-11-29(41)18-30(42)12-24)47-51(49(35)5)48-38(36(50(51)6)22(4)8-2,25-13-31(43)19-32(44)14-25)26-15-33(45)20-34(46)16-26/h9-22,35-36,47H,7-8H2,1-6H3/t21-,22-,35-,36-,51?/m0/s1. The molecule has 0 saturated carbocycles. The molecule has 6 rings (SSSR count). The summed E-state index contributed by atoms with van der Waals surface area (Å²) in [6.45, 7) is 8.92. The van der Waals surface area contributed by atoms with E-state index in [0.29, 0.717) is 40.2 Å². The van der Waals surface area contributed by atoms with Gasteiger partial charge in [0.2, 0.25) is 0 Å². The second-order valence-corrected chi connectivity index (χ2v) is 20.1. The van der Waals surface area contributed by atoms with E-state index in [-0.39, 0.29) is 23.9 Å². The van der Waals surface area contributed by atoms with Crippen LogP contribution >= 0.6 is 100 Å².